The monoisotopic (exact) mass is 413 g/mol. The first kappa shape index (κ1) is 21.2. The van der Waals surface area contributed by atoms with Crippen LogP contribution in [0.1, 0.15) is 16.7 Å². The lowest BCUT2D eigenvalue weighted by Gasteiger charge is -2.32. The number of rotatable bonds is 6. The van der Waals surface area contributed by atoms with Crippen LogP contribution >= 0.6 is 0 Å². The summed E-state index contributed by atoms with van der Waals surface area (Å²) in [6.45, 7) is 6.03. The summed E-state index contributed by atoms with van der Waals surface area (Å²) in [6.07, 6.45) is 1.61. The van der Waals surface area contributed by atoms with Crippen LogP contribution in [0.3, 0.4) is 0 Å². The Morgan fingerprint density at radius 1 is 1.03 bits per heavy atom. The second-order valence-electron chi connectivity index (χ2n) is 7.30. The summed E-state index contributed by atoms with van der Waals surface area (Å²) < 4.78 is 26.5. The Labute approximate surface area is 172 Å². The number of amides is 1. The molecule has 1 heterocycles. The fraction of sp³-hybridized carbons (Fsp3) is 0.318. The molecule has 2 aromatic rings. The average molecular weight is 414 g/mol. The predicted molar refractivity (Wildman–Crippen MR) is 117 cm³/mol. The summed E-state index contributed by atoms with van der Waals surface area (Å²) in [7, 11) is -3.47. The first-order valence-electron chi connectivity index (χ1n) is 9.66. The van der Waals surface area contributed by atoms with Crippen molar-refractivity contribution in [3.63, 3.8) is 0 Å². The van der Waals surface area contributed by atoms with E-state index in [0.29, 0.717) is 26.2 Å². The Hall–Kier alpha value is -2.48. The van der Waals surface area contributed by atoms with E-state index in [1.165, 1.54) is 9.71 Å². The Morgan fingerprint density at radius 2 is 1.72 bits per heavy atom. The molecule has 1 saturated heterocycles. The van der Waals surface area contributed by atoms with Gasteiger partial charge in [0.2, 0.25) is 15.9 Å². The second-order valence-corrected chi connectivity index (χ2v) is 9.12. The highest BCUT2D eigenvalue weighted by Gasteiger charge is 2.26. The number of hydrogen-bond donors (Lipinski definition) is 1. The molecule has 2 aromatic carbocycles. The summed E-state index contributed by atoms with van der Waals surface area (Å²) in [6, 6.07) is 15.3. The quantitative estimate of drug-likeness (QED) is 0.791. The summed E-state index contributed by atoms with van der Waals surface area (Å²) in [5.74, 6) is -0.0859. The zero-order valence-electron chi connectivity index (χ0n) is 16.8. The van der Waals surface area contributed by atoms with E-state index in [4.69, 9.17) is 0 Å². The summed E-state index contributed by atoms with van der Waals surface area (Å²) in [5.41, 5.74) is 3.84. The van der Waals surface area contributed by atoms with E-state index in [0.717, 1.165) is 22.4 Å². The van der Waals surface area contributed by atoms with Crippen molar-refractivity contribution >= 4 is 27.7 Å². The van der Waals surface area contributed by atoms with Gasteiger partial charge in [-0.1, -0.05) is 48.0 Å². The van der Waals surface area contributed by atoms with Gasteiger partial charge >= 0.3 is 0 Å². The van der Waals surface area contributed by atoms with Crippen LogP contribution in [-0.2, 0) is 14.8 Å². The van der Waals surface area contributed by atoms with Crippen LogP contribution in [0.2, 0.25) is 0 Å². The molecule has 1 amide bonds. The van der Waals surface area contributed by atoms with Gasteiger partial charge in [-0.25, -0.2) is 8.42 Å². The molecule has 1 N–H and O–H groups in total. The fourth-order valence-electron chi connectivity index (χ4n) is 3.30. The van der Waals surface area contributed by atoms with E-state index in [9.17, 15) is 13.2 Å². The molecule has 0 radical (unpaired) electrons. The summed E-state index contributed by atoms with van der Waals surface area (Å²) in [5, 5.41) is 4.20. The number of carbonyl (C=O) groups excluding carboxylic acids is 1. The van der Waals surface area contributed by atoms with Crippen molar-refractivity contribution in [3.05, 3.63) is 70.6 Å². The van der Waals surface area contributed by atoms with E-state index >= 15 is 0 Å². The first-order chi connectivity index (χ1) is 13.8. The number of piperazine rings is 1. The lowest BCUT2D eigenvalue weighted by Crippen LogP contribution is -2.49. The van der Waals surface area contributed by atoms with Crippen molar-refractivity contribution in [2.75, 3.05) is 38.0 Å². The number of anilines is 1. The third-order valence-electron chi connectivity index (χ3n) is 4.95. The lowest BCUT2D eigenvalue weighted by molar-refractivity contribution is -0.117. The second kappa shape index (κ2) is 9.35. The van der Waals surface area contributed by atoms with E-state index in [2.05, 4.69) is 5.32 Å². The first-order valence-corrected chi connectivity index (χ1v) is 11.2. The van der Waals surface area contributed by atoms with Crippen molar-refractivity contribution in [2.45, 2.75) is 13.8 Å². The van der Waals surface area contributed by atoms with Gasteiger partial charge in [-0.3, -0.25) is 9.69 Å². The Bertz CT molecular complexity index is 980. The zero-order chi connectivity index (χ0) is 20.9. The largest absolute Gasteiger partial charge is 0.325 e. The molecular formula is C22H27N3O3S. The smallest absolute Gasteiger partial charge is 0.238 e. The molecular weight excluding hydrogens is 386 g/mol. The highest BCUT2D eigenvalue weighted by molar-refractivity contribution is 7.92. The molecule has 0 saturated carbocycles. The summed E-state index contributed by atoms with van der Waals surface area (Å²) >= 11 is 0. The van der Waals surface area contributed by atoms with Gasteiger partial charge in [0.05, 0.1) is 6.54 Å². The number of benzene rings is 2. The minimum atomic E-state index is -3.47. The average Bonchev–Trinajstić information content (AvgIpc) is 2.70. The molecule has 0 spiro atoms. The van der Waals surface area contributed by atoms with Crippen molar-refractivity contribution in [2.24, 2.45) is 0 Å². The fourth-order valence-corrected chi connectivity index (χ4v) is 4.48. The van der Waals surface area contributed by atoms with Gasteiger partial charge in [-0.15, -0.1) is 0 Å². The number of hydrogen-bond acceptors (Lipinski definition) is 4. The molecule has 0 aliphatic carbocycles. The van der Waals surface area contributed by atoms with Crippen LogP contribution < -0.4 is 5.32 Å². The van der Waals surface area contributed by atoms with Gasteiger partial charge in [-0.05, 0) is 37.1 Å². The molecule has 7 heteroatoms. The SMILES string of the molecule is Cc1ccc(NC(=O)CN2CCN(S(=O)(=O)/C=C/c3ccccc3)CC2)c(C)c1. The number of aryl methyl sites for hydroxylation is 2. The molecule has 29 heavy (non-hydrogen) atoms. The Balaban J connectivity index is 1.50. The van der Waals surface area contributed by atoms with Crippen molar-refractivity contribution < 1.29 is 13.2 Å². The highest BCUT2D eigenvalue weighted by atomic mass is 32.2. The topological polar surface area (TPSA) is 69.7 Å². The standard InChI is InChI=1S/C22H27N3O3S/c1-18-8-9-21(19(2)16-18)23-22(26)17-24-11-13-25(14-12-24)29(27,28)15-10-20-6-4-3-5-7-20/h3-10,15-16H,11-14,17H2,1-2H3,(H,23,26)/b15-10+. The van der Waals surface area contributed by atoms with Gasteiger partial charge in [0.1, 0.15) is 0 Å². The molecule has 0 aromatic heterocycles. The van der Waals surface area contributed by atoms with E-state index < -0.39 is 10.0 Å². The van der Waals surface area contributed by atoms with E-state index in [1.54, 1.807) is 6.08 Å². The number of sulfonamides is 1. The molecule has 0 bridgehead atoms. The van der Waals surface area contributed by atoms with E-state index in [1.807, 2.05) is 67.3 Å². The van der Waals surface area contributed by atoms with Crippen LogP contribution in [0.4, 0.5) is 5.69 Å². The van der Waals surface area contributed by atoms with Crippen LogP contribution in [0.15, 0.2) is 53.9 Å². The van der Waals surface area contributed by atoms with Crippen LogP contribution in [0.25, 0.3) is 6.08 Å². The minimum absolute atomic E-state index is 0.0859. The maximum absolute atomic E-state index is 12.5. The molecule has 6 nitrogen and oxygen atoms in total. The maximum atomic E-state index is 12.5. The molecule has 1 aliphatic rings. The molecule has 3 rings (SSSR count). The third-order valence-corrected chi connectivity index (χ3v) is 6.51. The van der Waals surface area contributed by atoms with Crippen molar-refractivity contribution in [1.82, 2.24) is 9.21 Å². The van der Waals surface area contributed by atoms with Gasteiger partial charge in [0, 0.05) is 37.3 Å². The zero-order valence-corrected chi connectivity index (χ0v) is 17.7. The highest BCUT2D eigenvalue weighted by Crippen LogP contribution is 2.16. The predicted octanol–water partition coefficient (Wildman–Crippen LogP) is 2.86. The number of nitrogens with zero attached hydrogens (tertiary/aromatic N) is 2. The van der Waals surface area contributed by atoms with Crippen molar-refractivity contribution in [1.29, 1.82) is 0 Å². The molecule has 154 valence electrons. The molecule has 1 aliphatic heterocycles. The molecule has 0 atom stereocenters. The Morgan fingerprint density at radius 3 is 2.38 bits per heavy atom. The summed E-state index contributed by atoms with van der Waals surface area (Å²) in [4.78, 5) is 14.3. The van der Waals surface area contributed by atoms with Crippen LogP contribution in [-0.4, -0.2) is 56.3 Å². The normalized spacial score (nSPS) is 16.2. The number of nitrogens with one attached hydrogen (secondary N) is 1. The van der Waals surface area contributed by atoms with Gasteiger partial charge < -0.3 is 5.32 Å². The third kappa shape index (κ3) is 6.00. The van der Waals surface area contributed by atoms with Gasteiger partial charge in [0.15, 0.2) is 0 Å². The van der Waals surface area contributed by atoms with Gasteiger partial charge in [-0.2, -0.15) is 4.31 Å². The van der Waals surface area contributed by atoms with Crippen LogP contribution in [0, 0.1) is 13.8 Å². The van der Waals surface area contributed by atoms with E-state index in [-0.39, 0.29) is 12.5 Å². The molecule has 1 fully saturated rings. The van der Waals surface area contributed by atoms with Crippen molar-refractivity contribution in [3.8, 4) is 0 Å². The minimum Gasteiger partial charge on any atom is -0.325 e. The maximum Gasteiger partial charge on any atom is 0.238 e. The lowest BCUT2D eigenvalue weighted by atomic mass is 10.1. The molecule has 0 unspecified atom stereocenters. The Kier molecular flexibility index (Phi) is 6.84. The van der Waals surface area contributed by atoms with Crippen LogP contribution in [0.5, 0.6) is 0 Å². The van der Waals surface area contributed by atoms with Gasteiger partial charge in [0.25, 0.3) is 0 Å². The number of carbonyl (C=O) groups is 1.